The second-order valence-corrected chi connectivity index (χ2v) is 7.93. The minimum Gasteiger partial charge on any atom is -0.326 e. The molecule has 1 unspecified atom stereocenters. The van der Waals surface area contributed by atoms with Gasteiger partial charge >= 0.3 is 0 Å². The predicted octanol–water partition coefficient (Wildman–Crippen LogP) is 4.43. The molecule has 0 spiro atoms. The van der Waals surface area contributed by atoms with Crippen molar-refractivity contribution in [2.75, 3.05) is 16.8 Å². The Labute approximate surface area is 177 Å². The minimum atomic E-state index is -0.369. The zero-order valence-corrected chi connectivity index (χ0v) is 17.3. The van der Waals surface area contributed by atoms with Gasteiger partial charge in [0.25, 0.3) is 0 Å². The number of halogens is 1. The van der Waals surface area contributed by atoms with Gasteiger partial charge in [0.2, 0.25) is 11.8 Å². The van der Waals surface area contributed by atoms with Crippen molar-refractivity contribution in [2.24, 2.45) is 5.92 Å². The molecule has 1 aliphatic rings. The summed E-state index contributed by atoms with van der Waals surface area (Å²) in [7, 11) is 0. The molecule has 2 amide bonds. The molecule has 1 aliphatic heterocycles. The van der Waals surface area contributed by atoms with Crippen molar-refractivity contribution in [3.05, 3.63) is 88.7 Å². The van der Waals surface area contributed by atoms with Crippen molar-refractivity contribution in [1.29, 1.82) is 0 Å². The van der Waals surface area contributed by atoms with Gasteiger partial charge in [0.15, 0.2) is 0 Å². The van der Waals surface area contributed by atoms with Crippen LogP contribution in [-0.2, 0) is 16.0 Å². The van der Waals surface area contributed by atoms with Gasteiger partial charge < -0.3 is 10.2 Å². The minimum absolute atomic E-state index is 0.0373. The molecule has 0 aliphatic carbocycles. The van der Waals surface area contributed by atoms with E-state index in [0.29, 0.717) is 6.54 Å². The summed E-state index contributed by atoms with van der Waals surface area (Å²) in [5.74, 6) is -0.536. The summed E-state index contributed by atoms with van der Waals surface area (Å²) in [6.07, 6.45) is 4.59. The number of aromatic nitrogens is 1. The molecule has 5 nitrogen and oxygen atoms in total. The van der Waals surface area contributed by atoms with Gasteiger partial charge in [-0.1, -0.05) is 24.3 Å². The molecule has 0 bridgehead atoms. The summed E-state index contributed by atoms with van der Waals surface area (Å²) >= 11 is 3.48. The molecule has 0 saturated carbocycles. The van der Waals surface area contributed by atoms with E-state index in [0.717, 1.165) is 27.8 Å². The molecule has 4 rings (SSSR count). The summed E-state index contributed by atoms with van der Waals surface area (Å²) < 4.78 is 0.846. The number of amides is 2. The van der Waals surface area contributed by atoms with E-state index in [-0.39, 0.29) is 24.2 Å². The zero-order chi connectivity index (χ0) is 20.2. The molecule has 6 heteroatoms. The highest BCUT2D eigenvalue weighted by molar-refractivity contribution is 9.10. The van der Waals surface area contributed by atoms with Gasteiger partial charge in [0.1, 0.15) is 0 Å². The molecule has 29 heavy (non-hydrogen) atoms. The maximum Gasteiger partial charge on any atom is 0.229 e. The number of carbonyl (C=O) groups excluding carboxylic acids is 2. The number of carbonyl (C=O) groups is 2. The number of pyridine rings is 1. The maximum atomic E-state index is 12.7. The van der Waals surface area contributed by atoms with Crippen molar-refractivity contribution in [3.8, 4) is 0 Å². The number of hydrogen-bond acceptors (Lipinski definition) is 3. The molecule has 2 aromatic carbocycles. The summed E-state index contributed by atoms with van der Waals surface area (Å²) in [5.41, 5.74) is 3.88. The second-order valence-electron chi connectivity index (χ2n) is 7.08. The fourth-order valence-corrected chi connectivity index (χ4v) is 3.97. The first-order chi connectivity index (χ1) is 14.1. The largest absolute Gasteiger partial charge is 0.326 e. The summed E-state index contributed by atoms with van der Waals surface area (Å²) in [4.78, 5) is 30.8. The number of nitrogens with zero attached hydrogens (tertiary/aromatic N) is 2. The Morgan fingerprint density at radius 3 is 2.45 bits per heavy atom. The van der Waals surface area contributed by atoms with Gasteiger partial charge in [-0.3, -0.25) is 14.6 Å². The van der Waals surface area contributed by atoms with E-state index in [1.165, 1.54) is 5.56 Å². The van der Waals surface area contributed by atoms with E-state index in [4.69, 9.17) is 0 Å². The number of rotatable bonds is 5. The molecule has 2 heterocycles. The fourth-order valence-electron chi connectivity index (χ4n) is 3.47. The van der Waals surface area contributed by atoms with Crippen LogP contribution in [0.4, 0.5) is 11.4 Å². The third-order valence-electron chi connectivity index (χ3n) is 5.02. The predicted molar refractivity (Wildman–Crippen MR) is 117 cm³/mol. The molecule has 146 valence electrons. The van der Waals surface area contributed by atoms with Crippen LogP contribution in [0.3, 0.4) is 0 Å². The van der Waals surface area contributed by atoms with Crippen LogP contribution in [0.15, 0.2) is 77.5 Å². The Kier molecular flexibility index (Phi) is 5.71. The number of nitrogens with one attached hydrogen (secondary N) is 1. The third-order valence-corrected chi connectivity index (χ3v) is 5.69. The summed E-state index contributed by atoms with van der Waals surface area (Å²) in [6.45, 7) is 0.382. The van der Waals surface area contributed by atoms with Crippen molar-refractivity contribution in [2.45, 2.75) is 12.8 Å². The van der Waals surface area contributed by atoms with Gasteiger partial charge in [0, 0.05) is 35.5 Å². The lowest BCUT2D eigenvalue weighted by Crippen LogP contribution is -2.28. The lowest BCUT2D eigenvalue weighted by atomic mass is 10.1. The SMILES string of the molecule is O=C(Nc1ccc(Cc2ccncc2)cc1)C1CC(=O)N(c2ccccc2Br)C1. The van der Waals surface area contributed by atoms with E-state index in [2.05, 4.69) is 26.2 Å². The van der Waals surface area contributed by atoms with Crippen LogP contribution in [0.25, 0.3) is 0 Å². The monoisotopic (exact) mass is 449 g/mol. The van der Waals surface area contributed by atoms with Gasteiger partial charge in [-0.05, 0) is 69.9 Å². The van der Waals surface area contributed by atoms with Crippen LogP contribution >= 0.6 is 15.9 Å². The van der Waals surface area contributed by atoms with Gasteiger partial charge in [-0.2, -0.15) is 0 Å². The lowest BCUT2D eigenvalue weighted by molar-refractivity contribution is -0.122. The van der Waals surface area contributed by atoms with Gasteiger partial charge in [-0.15, -0.1) is 0 Å². The first-order valence-corrected chi connectivity index (χ1v) is 10.2. The van der Waals surface area contributed by atoms with Crippen LogP contribution in [0, 0.1) is 5.92 Å². The topological polar surface area (TPSA) is 62.3 Å². The molecule has 1 atom stereocenters. The molecule has 1 N–H and O–H groups in total. The van der Waals surface area contributed by atoms with Crippen LogP contribution in [0.1, 0.15) is 17.5 Å². The van der Waals surface area contributed by atoms with Crippen molar-refractivity contribution < 1.29 is 9.59 Å². The highest BCUT2D eigenvalue weighted by Gasteiger charge is 2.35. The molecular weight excluding hydrogens is 430 g/mol. The number of benzene rings is 2. The number of anilines is 2. The standard InChI is InChI=1S/C23H20BrN3O2/c24-20-3-1-2-4-21(20)27-15-18(14-22(27)28)23(29)26-19-7-5-16(6-8-19)13-17-9-11-25-12-10-17/h1-12,18H,13-15H2,(H,26,29). The van der Waals surface area contributed by atoms with E-state index >= 15 is 0 Å². The Hall–Kier alpha value is -2.99. The Morgan fingerprint density at radius 2 is 1.72 bits per heavy atom. The highest BCUT2D eigenvalue weighted by atomic mass is 79.9. The van der Waals surface area contributed by atoms with Crippen molar-refractivity contribution in [3.63, 3.8) is 0 Å². The average molecular weight is 450 g/mol. The first kappa shape index (κ1) is 19.3. The summed E-state index contributed by atoms with van der Waals surface area (Å²) in [5, 5.41) is 2.94. The Morgan fingerprint density at radius 1 is 1.03 bits per heavy atom. The number of para-hydroxylation sites is 1. The third kappa shape index (κ3) is 4.54. The average Bonchev–Trinajstić information content (AvgIpc) is 3.12. The maximum absolute atomic E-state index is 12.7. The van der Waals surface area contributed by atoms with E-state index < -0.39 is 0 Å². The van der Waals surface area contributed by atoms with Crippen LogP contribution in [0.5, 0.6) is 0 Å². The van der Waals surface area contributed by atoms with E-state index in [1.807, 2.05) is 60.7 Å². The molecule has 1 saturated heterocycles. The van der Waals surface area contributed by atoms with Crippen molar-refractivity contribution >= 4 is 39.1 Å². The Bertz CT molecular complexity index is 1020. The molecule has 1 aromatic heterocycles. The second kappa shape index (κ2) is 8.57. The quantitative estimate of drug-likeness (QED) is 0.626. The number of hydrogen-bond donors (Lipinski definition) is 1. The lowest BCUT2D eigenvalue weighted by Gasteiger charge is -2.18. The molecule has 1 fully saturated rings. The first-order valence-electron chi connectivity index (χ1n) is 9.44. The highest BCUT2D eigenvalue weighted by Crippen LogP contribution is 2.31. The molecule has 3 aromatic rings. The van der Waals surface area contributed by atoms with Crippen LogP contribution < -0.4 is 10.2 Å². The molecular formula is C23H20BrN3O2. The smallest absolute Gasteiger partial charge is 0.229 e. The van der Waals surface area contributed by atoms with Gasteiger partial charge in [0.05, 0.1) is 11.6 Å². The van der Waals surface area contributed by atoms with E-state index in [1.54, 1.807) is 17.3 Å². The van der Waals surface area contributed by atoms with Gasteiger partial charge in [-0.25, -0.2) is 0 Å². The normalized spacial score (nSPS) is 16.1. The zero-order valence-electron chi connectivity index (χ0n) is 15.7. The van der Waals surface area contributed by atoms with E-state index in [9.17, 15) is 9.59 Å². The Balaban J connectivity index is 1.38. The van der Waals surface area contributed by atoms with Crippen molar-refractivity contribution in [1.82, 2.24) is 4.98 Å². The molecule has 0 radical (unpaired) electrons. The summed E-state index contributed by atoms with van der Waals surface area (Å²) in [6, 6.07) is 19.3. The van der Waals surface area contributed by atoms with Crippen LogP contribution in [0.2, 0.25) is 0 Å². The van der Waals surface area contributed by atoms with Crippen LogP contribution in [-0.4, -0.2) is 23.3 Å². The fraction of sp³-hybridized carbons (Fsp3) is 0.174.